The van der Waals surface area contributed by atoms with Gasteiger partial charge in [-0.05, 0) is 111 Å². The topological polar surface area (TPSA) is 0 Å². The van der Waals surface area contributed by atoms with E-state index in [0.717, 1.165) is 6.42 Å². The zero-order valence-electron chi connectivity index (χ0n) is 36.4. The van der Waals surface area contributed by atoms with Crippen LogP contribution in [-0.4, -0.2) is 0 Å². The number of rotatable bonds is 3. The average Bonchev–Trinajstić information content (AvgIpc) is 2.76. The van der Waals surface area contributed by atoms with Gasteiger partial charge in [0, 0.05) is 0 Å². The van der Waals surface area contributed by atoms with Crippen LogP contribution in [0.1, 0.15) is 235 Å². The molecule has 0 nitrogen and oxygen atoms in total. The minimum Gasteiger partial charge on any atom is -0.0581 e. The van der Waals surface area contributed by atoms with Crippen LogP contribution in [0.15, 0.2) is 12.1 Å². The van der Waals surface area contributed by atoms with Crippen molar-refractivity contribution in [2.75, 3.05) is 0 Å². The Hall–Kier alpha value is -1.56. The maximum atomic E-state index is 2.64. The molecule has 2 aromatic rings. The third kappa shape index (κ3) is 8.97. The Balaban J connectivity index is 3.41. The summed E-state index contributed by atoms with van der Waals surface area (Å²) in [6.07, 6.45) is 1.04. The van der Waals surface area contributed by atoms with Crippen molar-refractivity contribution >= 4 is 0 Å². The normalized spacial score (nSPS) is 15.3. The molecule has 0 N–H and O–H groups in total. The summed E-state index contributed by atoms with van der Waals surface area (Å²) >= 11 is 0. The molecule has 0 radical (unpaired) electrons. The van der Waals surface area contributed by atoms with Crippen LogP contribution in [0.3, 0.4) is 0 Å². The van der Waals surface area contributed by atoms with Gasteiger partial charge in [-0.2, -0.15) is 0 Å². The molecule has 0 amide bonds. The second-order valence-corrected chi connectivity index (χ2v) is 23.4. The van der Waals surface area contributed by atoms with Crippen molar-refractivity contribution in [1.29, 1.82) is 0 Å². The summed E-state index contributed by atoms with van der Waals surface area (Å²) in [5.41, 5.74) is 15.8. The van der Waals surface area contributed by atoms with E-state index in [1.165, 1.54) is 22.3 Å². The van der Waals surface area contributed by atoms with Crippen LogP contribution in [-0.2, 0) is 49.7 Å². The van der Waals surface area contributed by atoms with E-state index >= 15 is 0 Å². The maximum absolute atomic E-state index is 2.64. The lowest BCUT2D eigenvalue weighted by atomic mass is 9.61. The van der Waals surface area contributed by atoms with Crippen LogP contribution in [0.25, 0.3) is 0 Å². The minimum absolute atomic E-state index is 0.00297. The van der Waals surface area contributed by atoms with Gasteiger partial charge in [0.05, 0.1) is 0 Å². The third-order valence-corrected chi connectivity index (χ3v) is 10.0. The van der Waals surface area contributed by atoms with Crippen LogP contribution >= 0.6 is 0 Å². The molecule has 0 aliphatic carbocycles. The second-order valence-electron chi connectivity index (χ2n) is 23.4. The first-order valence-corrected chi connectivity index (χ1v) is 18.8. The Morgan fingerprint density at radius 2 is 0.596 bits per heavy atom. The Morgan fingerprint density at radius 3 is 0.851 bits per heavy atom. The molecule has 1 atom stereocenters. The van der Waals surface area contributed by atoms with Crippen molar-refractivity contribution in [3.8, 4) is 0 Å². The number of hydrogen-bond acceptors (Lipinski definition) is 0. The first kappa shape index (κ1) is 41.6. The predicted octanol–water partition coefficient (Wildman–Crippen LogP) is 14.4. The Kier molecular flexibility index (Phi) is 10.9. The highest BCUT2D eigenvalue weighted by molar-refractivity contribution is 5.60. The van der Waals surface area contributed by atoms with Crippen molar-refractivity contribution in [1.82, 2.24) is 0 Å². The van der Waals surface area contributed by atoms with E-state index in [9.17, 15) is 0 Å². The van der Waals surface area contributed by atoms with Crippen molar-refractivity contribution in [3.63, 3.8) is 0 Å². The second kappa shape index (κ2) is 12.3. The van der Waals surface area contributed by atoms with E-state index in [1.54, 1.807) is 33.4 Å². The molecule has 0 fully saturated rings. The molecule has 0 heteroatoms. The van der Waals surface area contributed by atoms with Crippen LogP contribution in [0.2, 0.25) is 0 Å². The lowest BCUT2D eigenvalue weighted by molar-refractivity contribution is 0.473. The summed E-state index contributed by atoms with van der Waals surface area (Å²) in [6, 6.07) is 5.26. The highest BCUT2D eigenvalue weighted by atomic mass is 14.4. The number of benzene rings is 2. The molecule has 0 aliphatic heterocycles. The molecule has 2 aromatic carbocycles. The van der Waals surface area contributed by atoms with Crippen LogP contribution in [0.4, 0.5) is 0 Å². The van der Waals surface area contributed by atoms with E-state index in [4.69, 9.17) is 0 Å². The van der Waals surface area contributed by atoms with Crippen molar-refractivity contribution in [2.45, 2.75) is 229 Å². The fraction of sp³-hybridized carbons (Fsp3) is 0.745. The van der Waals surface area contributed by atoms with E-state index < -0.39 is 0 Å². The lowest BCUT2D eigenvalue weighted by Gasteiger charge is -2.43. The Labute approximate surface area is 295 Å². The summed E-state index contributed by atoms with van der Waals surface area (Å²) in [4.78, 5) is 0. The van der Waals surface area contributed by atoms with Gasteiger partial charge in [-0.25, -0.2) is 0 Å². The molecule has 1 unspecified atom stereocenters. The summed E-state index contributed by atoms with van der Waals surface area (Å²) < 4.78 is 0. The SMILES string of the molecule is CC(Cc1c(C(C)(C)C)c(C(C)(C)C)cc(C(C)(C)C)c1C(C)(C)C)c1c(C(C)(C)C)cc(C(C)(C)C)c(C(C)(C)C)c1C(C)(C)C. The largest absolute Gasteiger partial charge is 0.0581 e. The fourth-order valence-corrected chi connectivity index (χ4v) is 8.23. The maximum Gasteiger partial charge on any atom is -0.0126 e. The van der Waals surface area contributed by atoms with E-state index in [-0.39, 0.29) is 43.3 Å². The van der Waals surface area contributed by atoms with E-state index in [1.807, 2.05) is 0 Å². The van der Waals surface area contributed by atoms with Crippen molar-refractivity contribution < 1.29 is 0 Å². The van der Waals surface area contributed by atoms with Gasteiger partial charge in [-0.15, -0.1) is 0 Å². The minimum atomic E-state index is -0.00297. The predicted molar refractivity (Wildman–Crippen MR) is 215 cm³/mol. The standard InChI is InChI=1S/C47H80/c1-29(35-31(40(2,3)4)27-34(43(11,12)13)38(46(20,21)22)39(35)47(23,24)25)26-30-36(44(14,15)16)32(41(5,6)7)28-33(42(8,9)10)37(30)45(17,18)19/h27-29H,26H2,1-25H3. The molecule has 0 spiro atoms. The van der Waals surface area contributed by atoms with Gasteiger partial charge >= 0.3 is 0 Å². The summed E-state index contributed by atoms with van der Waals surface area (Å²) in [7, 11) is 0. The molecule has 2 rings (SSSR count). The average molecular weight is 645 g/mol. The van der Waals surface area contributed by atoms with Crippen LogP contribution in [0.5, 0.6) is 0 Å². The van der Waals surface area contributed by atoms with Crippen molar-refractivity contribution in [2.24, 2.45) is 0 Å². The zero-order chi connectivity index (χ0) is 37.5. The molecule has 0 saturated carbocycles. The first-order chi connectivity index (χ1) is 20.3. The fourth-order valence-electron chi connectivity index (χ4n) is 8.23. The zero-order valence-corrected chi connectivity index (χ0v) is 36.4. The molecule has 268 valence electrons. The van der Waals surface area contributed by atoms with Gasteiger partial charge in [0.2, 0.25) is 0 Å². The van der Waals surface area contributed by atoms with Gasteiger partial charge < -0.3 is 0 Å². The third-order valence-electron chi connectivity index (χ3n) is 10.0. The first-order valence-electron chi connectivity index (χ1n) is 18.8. The highest BCUT2D eigenvalue weighted by Crippen LogP contribution is 2.51. The van der Waals surface area contributed by atoms with E-state index in [2.05, 4.69) is 185 Å². The number of hydrogen-bond donors (Lipinski definition) is 0. The Bertz CT molecular complexity index is 1380. The molecule has 0 heterocycles. The summed E-state index contributed by atoms with van der Waals surface area (Å²) in [5, 5.41) is 0. The van der Waals surface area contributed by atoms with Gasteiger partial charge in [-0.1, -0.05) is 185 Å². The van der Waals surface area contributed by atoms with Gasteiger partial charge in [0.25, 0.3) is 0 Å². The molecule has 0 saturated heterocycles. The molecular weight excluding hydrogens is 565 g/mol. The molecule has 47 heavy (non-hydrogen) atoms. The molecular formula is C47H80. The summed E-state index contributed by atoms with van der Waals surface area (Å²) in [5.74, 6) is 0.346. The molecule has 0 bridgehead atoms. The summed E-state index contributed by atoms with van der Waals surface area (Å²) in [6.45, 7) is 61.1. The molecule has 0 aliphatic rings. The monoisotopic (exact) mass is 645 g/mol. The van der Waals surface area contributed by atoms with Gasteiger partial charge in [-0.3, -0.25) is 0 Å². The van der Waals surface area contributed by atoms with E-state index in [0.29, 0.717) is 5.92 Å². The lowest BCUT2D eigenvalue weighted by Crippen LogP contribution is -2.34. The quantitative estimate of drug-likeness (QED) is 0.312. The van der Waals surface area contributed by atoms with Crippen molar-refractivity contribution in [3.05, 3.63) is 67.8 Å². The molecule has 0 aromatic heterocycles. The highest BCUT2D eigenvalue weighted by Gasteiger charge is 2.41. The van der Waals surface area contributed by atoms with Gasteiger partial charge in [0.15, 0.2) is 0 Å². The smallest absolute Gasteiger partial charge is 0.0126 e. The van der Waals surface area contributed by atoms with Gasteiger partial charge in [0.1, 0.15) is 0 Å². The Morgan fingerprint density at radius 1 is 0.340 bits per heavy atom. The van der Waals surface area contributed by atoms with Crippen LogP contribution in [0, 0.1) is 0 Å². The van der Waals surface area contributed by atoms with Crippen LogP contribution < -0.4 is 0 Å².